The molecule has 1 fully saturated rings. The number of aliphatic hydroxyl groups excluding tert-OH is 1. The Balaban J connectivity index is 2.17. The molecule has 3 N–H and O–H groups in total. The molecule has 4 heteroatoms. The minimum atomic E-state index is -0.0515. The molecule has 4 nitrogen and oxygen atoms in total. The molecule has 0 aromatic rings. The number of amides is 1. The molecule has 0 aromatic heterocycles. The van der Waals surface area contributed by atoms with E-state index in [1.54, 1.807) is 0 Å². The number of carbonyl (C=O) groups is 1. The highest BCUT2D eigenvalue weighted by Crippen LogP contribution is 2.35. The van der Waals surface area contributed by atoms with Crippen molar-refractivity contribution in [3.05, 3.63) is 0 Å². The summed E-state index contributed by atoms with van der Waals surface area (Å²) >= 11 is 0. The molecular weight excluding hydrogens is 240 g/mol. The molecule has 0 spiro atoms. The van der Waals surface area contributed by atoms with Crippen LogP contribution in [0.2, 0.25) is 0 Å². The second kappa shape index (κ2) is 8.54. The van der Waals surface area contributed by atoms with Gasteiger partial charge < -0.3 is 15.7 Å². The fourth-order valence-corrected chi connectivity index (χ4v) is 2.71. The van der Waals surface area contributed by atoms with Gasteiger partial charge in [-0.2, -0.15) is 0 Å². The third kappa shape index (κ3) is 6.39. The number of nitrogens with one attached hydrogen (secondary N) is 2. The Labute approximate surface area is 117 Å². The topological polar surface area (TPSA) is 61.4 Å². The van der Waals surface area contributed by atoms with E-state index in [0.29, 0.717) is 19.0 Å². The van der Waals surface area contributed by atoms with Crippen LogP contribution in [0.15, 0.2) is 0 Å². The van der Waals surface area contributed by atoms with Crippen LogP contribution in [0.4, 0.5) is 0 Å². The zero-order valence-electron chi connectivity index (χ0n) is 12.5. The van der Waals surface area contributed by atoms with Gasteiger partial charge in [0.25, 0.3) is 0 Å². The van der Waals surface area contributed by atoms with E-state index in [9.17, 15) is 9.90 Å². The number of rotatable bonds is 8. The Hall–Kier alpha value is -0.610. The first kappa shape index (κ1) is 16.4. The molecule has 0 aliphatic heterocycles. The standard InChI is InChI=1S/C15H30N2O2/c1-13(2)16-10-6-7-14(19)17-11-15(12-18)8-4-3-5-9-15/h13,16,18H,3-12H2,1-2H3,(H,17,19). The van der Waals surface area contributed by atoms with Gasteiger partial charge in [0, 0.05) is 24.4 Å². The van der Waals surface area contributed by atoms with E-state index in [2.05, 4.69) is 24.5 Å². The van der Waals surface area contributed by atoms with Crippen molar-refractivity contribution in [2.24, 2.45) is 5.41 Å². The summed E-state index contributed by atoms with van der Waals surface area (Å²) in [5.41, 5.74) is -0.0515. The lowest BCUT2D eigenvalue weighted by molar-refractivity contribution is -0.122. The van der Waals surface area contributed by atoms with Gasteiger partial charge in [-0.05, 0) is 25.8 Å². The number of aliphatic hydroxyl groups is 1. The third-order valence-electron chi connectivity index (χ3n) is 4.04. The fourth-order valence-electron chi connectivity index (χ4n) is 2.71. The number of hydrogen-bond acceptors (Lipinski definition) is 3. The van der Waals surface area contributed by atoms with Crippen molar-refractivity contribution < 1.29 is 9.90 Å². The van der Waals surface area contributed by atoms with Crippen molar-refractivity contribution in [1.29, 1.82) is 0 Å². The van der Waals surface area contributed by atoms with Crippen LogP contribution in [-0.4, -0.2) is 36.8 Å². The molecule has 0 atom stereocenters. The highest BCUT2D eigenvalue weighted by molar-refractivity contribution is 5.75. The molecule has 0 heterocycles. The first-order valence-electron chi connectivity index (χ1n) is 7.69. The van der Waals surface area contributed by atoms with Crippen LogP contribution in [0.3, 0.4) is 0 Å². The Kier molecular flexibility index (Phi) is 7.39. The molecule has 112 valence electrons. The maximum atomic E-state index is 11.8. The van der Waals surface area contributed by atoms with Gasteiger partial charge in [0.15, 0.2) is 0 Å². The van der Waals surface area contributed by atoms with Crippen molar-refractivity contribution in [3.8, 4) is 0 Å². The van der Waals surface area contributed by atoms with Crippen molar-refractivity contribution in [2.45, 2.75) is 64.8 Å². The smallest absolute Gasteiger partial charge is 0.220 e. The van der Waals surface area contributed by atoms with E-state index in [4.69, 9.17) is 0 Å². The van der Waals surface area contributed by atoms with Crippen molar-refractivity contribution in [2.75, 3.05) is 19.7 Å². The molecule has 0 saturated heterocycles. The monoisotopic (exact) mass is 270 g/mol. The lowest BCUT2D eigenvalue weighted by Crippen LogP contribution is -2.41. The second-order valence-electron chi connectivity index (χ2n) is 6.21. The predicted octanol–water partition coefficient (Wildman–Crippen LogP) is 1.82. The molecule has 1 amide bonds. The van der Waals surface area contributed by atoms with Crippen LogP contribution in [0.5, 0.6) is 0 Å². The SMILES string of the molecule is CC(C)NCCCC(=O)NCC1(CO)CCCCC1. The maximum absolute atomic E-state index is 11.8. The molecule has 0 unspecified atom stereocenters. The second-order valence-corrected chi connectivity index (χ2v) is 6.21. The summed E-state index contributed by atoms with van der Waals surface area (Å²) in [5, 5.41) is 15.9. The van der Waals surface area contributed by atoms with Crippen LogP contribution in [-0.2, 0) is 4.79 Å². The average molecular weight is 270 g/mol. The highest BCUT2D eigenvalue weighted by Gasteiger charge is 2.31. The molecule has 19 heavy (non-hydrogen) atoms. The molecule has 1 aliphatic rings. The number of carbonyl (C=O) groups excluding carboxylic acids is 1. The molecule has 0 bridgehead atoms. The summed E-state index contributed by atoms with van der Waals surface area (Å²) in [6.45, 7) is 5.93. The Morgan fingerprint density at radius 2 is 1.95 bits per heavy atom. The zero-order chi connectivity index (χ0) is 14.1. The van der Waals surface area contributed by atoms with Gasteiger partial charge in [0.05, 0.1) is 6.61 Å². The Morgan fingerprint density at radius 3 is 2.53 bits per heavy atom. The fraction of sp³-hybridized carbons (Fsp3) is 0.933. The van der Waals surface area contributed by atoms with Crippen molar-refractivity contribution in [1.82, 2.24) is 10.6 Å². The maximum Gasteiger partial charge on any atom is 0.220 e. The Morgan fingerprint density at radius 1 is 1.26 bits per heavy atom. The summed E-state index contributed by atoms with van der Waals surface area (Å²) in [6.07, 6.45) is 7.13. The third-order valence-corrected chi connectivity index (χ3v) is 4.04. The first-order valence-corrected chi connectivity index (χ1v) is 7.69. The van der Waals surface area contributed by atoms with Gasteiger partial charge in [0.2, 0.25) is 5.91 Å². The summed E-state index contributed by atoms with van der Waals surface area (Å²) in [6, 6.07) is 0.475. The minimum Gasteiger partial charge on any atom is -0.396 e. The lowest BCUT2D eigenvalue weighted by atomic mass is 9.74. The zero-order valence-corrected chi connectivity index (χ0v) is 12.5. The van der Waals surface area contributed by atoms with Crippen LogP contribution in [0.1, 0.15) is 58.8 Å². The molecule has 0 radical (unpaired) electrons. The van der Waals surface area contributed by atoms with E-state index < -0.39 is 0 Å². The molecule has 1 rings (SSSR count). The molecule has 0 aromatic carbocycles. The number of hydrogen-bond donors (Lipinski definition) is 3. The van der Waals surface area contributed by atoms with Crippen LogP contribution < -0.4 is 10.6 Å². The molecular formula is C15H30N2O2. The van der Waals surface area contributed by atoms with Gasteiger partial charge in [0.1, 0.15) is 0 Å². The van der Waals surface area contributed by atoms with E-state index in [-0.39, 0.29) is 17.9 Å². The van der Waals surface area contributed by atoms with Gasteiger partial charge >= 0.3 is 0 Å². The summed E-state index contributed by atoms with van der Waals surface area (Å²) in [7, 11) is 0. The average Bonchev–Trinajstić information content (AvgIpc) is 2.42. The largest absolute Gasteiger partial charge is 0.396 e. The van der Waals surface area contributed by atoms with E-state index in [1.165, 1.54) is 19.3 Å². The quantitative estimate of drug-likeness (QED) is 0.590. The van der Waals surface area contributed by atoms with E-state index >= 15 is 0 Å². The van der Waals surface area contributed by atoms with E-state index in [0.717, 1.165) is 25.8 Å². The summed E-state index contributed by atoms with van der Waals surface area (Å²) < 4.78 is 0. The molecule has 1 aliphatic carbocycles. The van der Waals surface area contributed by atoms with Gasteiger partial charge in [-0.3, -0.25) is 4.79 Å². The van der Waals surface area contributed by atoms with Crippen molar-refractivity contribution in [3.63, 3.8) is 0 Å². The van der Waals surface area contributed by atoms with E-state index in [1.807, 2.05) is 0 Å². The summed E-state index contributed by atoms with van der Waals surface area (Å²) in [4.78, 5) is 11.8. The predicted molar refractivity (Wildman–Crippen MR) is 78.0 cm³/mol. The first-order chi connectivity index (χ1) is 9.08. The normalized spacial score (nSPS) is 18.5. The van der Waals surface area contributed by atoms with Gasteiger partial charge in [-0.1, -0.05) is 33.1 Å². The van der Waals surface area contributed by atoms with Crippen LogP contribution in [0, 0.1) is 5.41 Å². The van der Waals surface area contributed by atoms with Crippen LogP contribution in [0.25, 0.3) is 0 Å². The lowest BCUT2D eigenvalue weighted by Gasteiger charge is -2.35. The highest BCUT2D eigenvalue weighted by atomic mass is 16.3. The van der Waals surface area contributed by atoms with Crippen LogP contribution >= 0.6 is 0 Å². The van der Waals surface area contributed by atoms with Crippen molar-refractivity contribution >= 4 is 5.91 Å². The minimum absolute atomic E-state index is 0.0515. The molecule has 1 saturated carbocycles. The summed E-state index contributed by atoms with van der Waals surface area (Å²) in [5.74, 6) is 0.115. The van der Waals surface area contributed by atoms with Gasteiger partial charge in [-0.25, -0.2) is 0 Å². The Bertz CT molecular complexity index is 261. The van der Waals surface area contributed by atoms with Gasteiger partial charge in [-0.15, -0.1) is 0 Å².